The zero-order chi connectivity index (χ0) is 16.9. The first kappa shape index (κ1) is 13.1. The van der Waals surface area contributed by atoms with E-state index in [1.54, 1.807) is 0 Å². The summed E-state index contributed by atoms with van der Waals surface area (Å²) in [4.78, 5) is 40.3. The lowest BCUT2D eigenvalue weighted by Gasteiger charge is -2.24. The summed E-state index contributed by atoms with van der Waals surface area (Å²) in [6.07, 6.45) is -0.544. The summed E-state index contributed by atoms with van der Waals surface area (Å²) < 4.78 is 22.6. The van der Waals surface area contributed by atoms with E-state index >= 15 is 0 Å². The number of carbonyl (C=O) groups excluding carboxylic acids is 2. The lowest BCUT2D eigenvalue weighted by Crippen LogP contribution is -2.36. The first-order chi connectivity index (χ1) is 10.7. The highest BCUT2D eigenvalue weighted by Gasteiger charge is 2.31. The van der Waals surface area contributed by atoms with Gasteiger partial charge in [-0.15, -0.1) is 0 Å². The Balaban J connectivity index is 2.33. The molecule has 1 unspecified atom stereocenters. The van der Waals surface area contributed by atoms with Crippen LogP contribution in [0.1, 0.15) is 32.5 Å². The Kier molecular flexibility index (Phi) is 2.99. The molecule has 7 heteroatoms. The highest BCUT2D eigenvalue weighted by molar-refractivity contribution is 6.03. The lowest BCUT2D eigenvalue weighted by atomic mass is 9.92. The summed E-state index contributed by atoms with van der Waals surface area (Å²) >= 11 is 0. The fourth-order valence-corrected chi connectivity index (χ4v) is 2.69. The number of aromatic nitrogens is 2. The Bertz CT molecular complexity index is 924. The normalized spacial score (nSPS) is 22.9. The van der Waals surface area contributed by atoms with E-state index in [1.165, 1.54) is 6.92 Å². The molecule has 1 heterocycles. The minimum atomic E-state index is -1.95. The van der Waals surface area contributed by atoms with Crippen molar-refractivity contribution in [3.8, 4) is 5.75 Å². The smallest absolute Gasteiger partial charge is 0.265 e. The molecule has 1 N–H and O–H groups in total. The van der Waals surface area contributed by atoms with Crippen LogP contribution < -0.4 is 5.56 Å². The van der Waals surface area contributed by atoms with Crippen molar-refractivity contribution in [1.29, 1.82) is 0 Å². The number of nitrogens with zero attached hydrogens (tertiary/aromatic N) is 2. The zero-order valence-corrected chi connectivity index (χ0v) is 11.7. The third kappa shape index (κ3) is 2.18. The SMILES string of the molecule is [2H]C1(n2c(C)nc3cc(F)cc(O)c3c2=O)CCC(=O)CC1=O. The van der Waals surface area contributed by atoms with Crippen LogP contribution in [0.2, 0.25) is 0 Å². The van der Waals surface area contributed by atoms with Gasteiger partial charge in [-0.2, -0.15) is 0 Å². The fraction of sp³-hybridized carbons (Fsp3) is 0.333. The van der Waals surface area contributed by atoms with Crippen LogP contribution in [-0.4, -0.2) is 26.2 Å². The van der Waals surface area contributed by atoms with Crippen molar-refractivity contribution in [2.45, 2.75) is 32.2 Å². The molecule has 2 aromatic rings. The number of fused-ring (bicyclic) bond motifs is 1. The molecule has 1 atom stereocenters. The topological polar surface area (TPSA) is 89.3 Å². The van der Waals surface area contributed by atoms with Crippen LogP contribution in [0.3, 0.4) is 0 Å². The van der Waals surface area contributed by atoms with Crippen molar-refractivity contribution in [1.82, 2.24) is 9.55 Å². The van der Waals surface area contributed by atoms with Crippen LogP contribution >= 0.6 is 0 Å². The molecule has 3 rings (SSSR count). The predicted molar refractivity (Wildman–Crippen MR) is 75.3 cm³/mol. The number of aryl methyl sites for hydroxylation is 1. The van der Waals surface area contributed by atoms with Gasteiger partial charge < -0.3 is 5.11 Å². The van der Waals surface area contributed by atoms with Gasteiger partial charge in [0.25, 0.3) is 5.56 Å². The number of phenols is 1. The van der Waals surface area contributed by atoms with E-state index in [-0.39, 0.29) is 35.4 Å². The van der Waals surface area contributed by atoms with Crippen LogP contribution in [0.4, 0.5) is 4.39 Å². The Morgan fingerprint density at radius 2 is 2.14 bits per heavy atom. The largest absolute Gasteiger partial charge is 0.507 e. The second kappa shape index (κ2) is 5.01. The molecule has 1 aliphatic carbocycles. The molecule has 0 bridgehead atoms. The summed E-state index contributed by atoms with van der Waals surface area (Å²) in [7, 11) is 0. The van der Waals surface area contributed by atoms with Crippen LogP contribution in [0.15, 0.2) is 16.9 Å². The van der Waals surface area contributed by atoms with Gasteiger partial charge in [-0.25, -0.2) is 9.37 Å². The van der Waals surface area contributed by atoms with Gasteiger partial charge in [0.15, 0.2) is 5.78 Å². The van der Waals surface area contributed by atoms with E-state index in [0.29, 0.717) is 0 Å². The molecular formula is C15H13FN2O4. The minimum Gasteiger partial charge on any atom is -0.507 e. The average Bonchev–Trinajstić information content (AvgIpc) is 2.42. The number of halogens is 1. The van der Waals surface area contributed by atoms with Gasteiger partial charge in [0.1, 0.15) is 28.6 Å². The molecule has 0 radical (unpaired) electrons. The van der Waals surface area contributed by atoms with Crippen LogP contribution in [-0.2, 0) is 9.59 Å². The van der Waals surface area contributed by atoms with Gasteiger partial charge in [-0.3, -0.25) is 19.0 Å². The zero-order valence-electron chi connectivity index (χ0n) is 12.7. The van der Waals surface area contributed by atoms with E-state index in [2.05, 4.69) is 4.98 Å². The van der Waals surface area contributed by atoms with Gasteiger partial charge in [0, 0.05) is 18.6 Å². The quantitative estimate of drug-likeness (QED) is 0.805. The molecule has 1 aromatic heterocycles. The van der Waals surface area contributed by atoms with E-state index in [0.717, 1.165) is 16.7 Å². The van der Waals surface area contributed by atoms with Crippen molar-refractivity contribution in [3.05, 3.63) is 34.1 Å². The number of hydrogen-bond acceptors (Lipinski definition) is 5. The van der Waals surface area contributed by atoms with E-state index in [9.17, 15) is 23.9 Å². The molecule has 1 aliphatic rings. The first-order valence-corrected chi connectivity index (χ1v) is 6.71. The van der Waals surface area contributed by atoms with Crippen LogP contribution in [0.5, 0.6) is 5.75 Å². The predicted octanol–water partition coefficient (Wildman–Crippen LogP) is 1.41. The molecule has 1 saturated carbocycles. The lowest BCUT2D eigenvalue weighted by molar-refractivity contribution is -0.132. The summed E-state index contributed by atoms with van der Waals surface area (Å²) in [6, 6.07) is -0.179. The monoisotopic (exact) mass is 305 g/mol. The molecule has 0 saturated heterocycles. The number of carbonyl (C=O) groups is 2. The fourth-order valence-electron chi connectivity index (χ4n) is 2.69. The summed E-state index contributed by atoms with van der Waals surface area (Å²) in [6.45, 7) is 1.42. The summed E-state index contributed by atoms with van der Waals surface area (Å²) in [5, 5.41) is 9.59. The van der Waals surface area contributed by atoms with Gasteiger partial charge in [-0.1, -0.05) is 0 Å². The Hall–Kier alpha value is -2.57. The highest BCUT2D eigenvalue weighted by atomic mass is 19.1. The Morgan fingerprint density at radius 3 is 2.82 bits per heavy atom. The van der Waals surface area contributed by atoms with Crippen molar-refractivity contribution in [2.24, 2.45) is 0 Å². The molecule has 6 nitrogen and oxygen atoms in total. The molecule has 114 valence electrons. The number of rotatable bonds is 1. The average molecular weight is 305 g/mol. The number of Topliss-reactive ketones (excluding diaryl/α,β-unsaturated/α-hetero) is 2. The maximum atomic E-state index is 13.4. The summed E-state index contributed by atoms with van der Waals surface area (Å²) in [5.41, 5.74) is -0.855. The number of ketones is 2. The maximum Gasteiger partial charge on any atom is 0.265 e. The van der Waals surface area contributed by atoms with E-state index < -0.39 is 35.3 Å². The van der Waals surface area contributed by atoms with Gasteiger partial charge in [0.2, 0.25) is 0 Å². The van der Waals surface area contributed by atoms with Crippen molar-refractivity contribution < 1.29 is 20.5 Å². The second-order valence-electron chi connectivity index (χ2n) is 5.20. The number of phenolic OH excluding ortho intramolecular Hbond substituents is 1. The summed E-state index contributed by atoms with van der Waals surface area (Å²) in [5.74, 6) is -2.28. The molecule has 22 heavy (non-hydrogen) atoms. The number of benzene rings is 1. The van der Waals surface area contributed by atoms with E-state index in [4.69, 9.17) is 1.37 Å². The van der Waals surface area contributed by atoms with Gasteiger partial charge in [0.05, 0.1) is 19.3 Å². The molecule has 0 amide bonds. The van der Waals surface area contributed by atoms with Gasteiger partial charge >= 0.3 is 0 Å². The van der Waals surface area contributed by atoms with Crippen molar-refractivity contribution in [2.75, 3.05) is 0 Å². The molecule has 1 fully saturated rings. The second-order valence-corrected chi connectivity index (χ2v) is 5.20. The Morgan fingerprint density at radius 1 is 1.41 bits per heavy atom. The maximum absolute atomic E-state index is 13.4. The molecular weight excluding hydrogens is 291 g/mol. The minimum absolute atomic E-state index is 0.00849. The number of hydrogen-bond donors (Lipinski definition) is 1. The highest BCUT2D eigenvalue weighted by Crippen LogP contribution is 2.26. The van der Waals surface area contributed by atoms with Gasteiger partial charge in [-0.05, 0) is 13.3 Å². The molecule has 0 aliphatic heterocycles. The first-order valence-electron chi connectivity index (χ1n) is 7.21. The van der Waals surface area contributed by atoms with Crippen molar-refractivity contribution >= 4 is 22.5 Å². The van der Waals surface area contributed by atoms with Crippen LogP contribution in [0, 0.1) is 12.7 Å². The third-order valence-corrected chi connectivity index (χ3v) is 3.67. The standard InChI is InChI=1S/C15H13FN2O4/c1-7-17-10-4-8(16)5-13(21)14(10)15(22)18(7)11-3-2-9(19)6-12(11)20/h4-5,11,21H,2-3,6H2,1H3/i11D. The number of aromatic hydroxyl groups is 1. The third-order valence-electron chi connectivity index (χ3n) is 3.67. The van der Waals surface area contributed by atoms with Crippen molar-refractivity contribution in [3.63, 3.8) is 0 Å². The molecule has 1 aromatic carbocycles. The molecule has 0 spiro atoms. The van der Waals surface area contributed by atoms with Crippen LogP contribution in [0.25, 0.3) is 10.9 Å². The van der Waals surface area contributed by atoms with E-state index in [1.807, 2.05) is 0 Å². The Labute approximate surface area is 125 Å².